The topological polar surface area (TPSA) is 62.3 Å². The summed E-state index contributed by atoms with van der Waals surface area (Å²) in [7, 11) is 0. The van der Waals surface area contributed by atoms with Crippen molar-refractivity contribution >= 4 is 23.1 Å². The van der Waals surface area contributed by atoms with Gasteiger partial charge in [0, 0.05) is 18.0 Å². The molecule has 6 heteroatoms. The molecule has 2 heterocycles. The second-order valence-corrected chi connectivity index (χ2v) is 7.63. The van der Waals surface area contributed by atoms with Crippen molar-refractivity contribution < 1.29 is 14.0 Å². The first-order valence-corrected chi connectivity index (χ1v) is 8.63. The maximum atomic E-state index is 13.6. The van der Waals surface area contributed by atoms with Crippen LogP contribution in [0.25, 0.3) is 5.57 Å². The minimum absolute atomic E-state index is 0.238. The number of rotatable bonds is 2. The summed E-state index contributed by atoms with van der Waals surface area (Å²) in [6.07, 6.45) is 1.04. The van der Waals surface area contributed by atoms with Gasteiger partial charge in [0.15, 0.2) is 5.54 Å². The van der Waals surface area contributed by atoms with Gasteiger partial charge in [-0.25, -0.2) is 4.39 Å². The van der Waals surface area contributed by atoms with Crippen LogP contribution in [0.15, 0.2) is 49.2 Å². The fraction of sp³-hybridized carbons (Fsp3) is 0.286. The number of amides is 2. The van der Waals surface area contributed by atoms with Crippen LogP contribution in [0.1, 0.15) is 39.0 Å². The van der Waals surface area contributed by atoms with E-state index in [-0.39, 0.29) is 11.6 Å². The molecule has 3 rings (SSSR count). The first-order chi connectivity index (χ1) is 12.6. The Hall–Kier alpha value is -3.02. The van der Waals surface area contributed by atoms with E-state index in [0.717, 1.165) is 6.20 Å². The number of hydrogen-bond acceptors (Lipinski definition) is 3. The number of carbonyl (C=O) groups excluding carboxylic acids is 2. The maximum absolute atomic E-state index is 13.6. The van der Waals surface area contributed by atoms with Crippen LogP contribution in [0.3, 0.4) is 0 Å². The molecule has 1 N–H and O–H groups in total. The molecule has 27 heavy (non-hydrogen) atoms. The molecule has 0 aliphatic carbocycles. The normalized spacial score (nSPS) is 19.0. The van der Waals surface area contributed by atoms with Crippen LogP contribution in [0, 0.1) is 5.82 Å². The van der Waals surface area contributed by atoms with E-state index in [1.54, 1.807) is 12.1 Å². The van der Waals surface area contributed by atoms with Crippen LogP contribution < -0.4 is 10.2 Å². The van der Waals surface area contributed by atoms with Crippen molar-refractivity contribution in [2.45, 2.75) is 38.8 Å². The van der Waals surface area contributed by atoms with E-state index >= 15 is 0 Å². The Morgan fingerprint density at radius 3 is 2.41 bits per heavy atom. The lowest BCUT2D eigenvalue weighted by Gasteiger charge is -2.39. The fourth-order valence-electron chi connectivity index (χ4n) is 3.49. The first kappa shape index (κ1) is 18.8. The van der Waals surface area contributed by atoms with Gasteiger partial charge in [-0.05, 0) is 44.5 Å². The van der Waals surface area contributed by atoms with Crippen molar-refractivity contribution in [3.63, 3.8) is 0 Å². The Morgan fingerprint density at radius 2 is 1.85 bits per heavy atom. The molecule has 0 fully saturated rings. The number of hydrogen-bond donors (Lipinski definition) is 1. The number of pyridine rings is 1. The lowest BCUT2D eigenvalue weighted by atomic mass is 9.83. The molecule has 1 aromatic heterocycles. The minimum atomic E-state index is -1.59. The molecule has 1 aromatic carbocycles. The quantitative estimate of drug-likeness (QED) is 0.885. The highest BCUT2D eigenvalue weighted by atomic mass is 19.1. The van der Waals surface area contributed by atoms with Gasteiger partial charge in [0.25, 0.3) is 5.91 Å². The number of nitrogens with zero attached hydrogens (tertiary/aromatic N) is 2. The van der Waals surface area contributed by atoms with E-state index in [4.69, 9.17) is 0 Å². The van der Waals surface area contributed by atoms with Crippen molar-refractivity contribution in [3.05, 3.63) is 66.2 Å². The van der Waals surface area contributed by atoms with Crippen LogP contribution in [-0.4, -0.2) is 22.3 Å². The van der Waals surface area contributed by atoms with Gasteiger partial charge in [0.1, 0.15) is 5.82 Å². The lowest BCUT2D eigenvalue weighted by Crippen LogP contribution is -2.59. The zero-order valence-electron chi connectivity index (χ0n) is 15.8. The summed E-state index contributed by atoms with van der Waals surface area (Å²) in [6.45, 7) is 11.1. The third-order valence-corrected chi connectivity index (χ3v) is 4.47. The van der Waals surface area contributed by atoms with Gasteiger partial charge in [-0.2, -0.15) is 0 Å². The monoisotopic (exact) mass is 367 g/mol. The van der Waals surface area contributed by atoms with Gasteiger partial charge in [0.2, 0.25) is 5.91 Å². The van der Waals surface area contributed by atoms with Gasteiger partial charge in [0.05, 0.1) is 17.6 Å². The van der Waals surface area contributed by atoms with E-state index < -0.39 is 22.8 Å². The summed E-state index contributed by atoms with van der Waals surface area (Å²) in [4.78, 5) is 31.8. The van der Waals surface area contributed by atoms with E-state index in [0.29, 0.717) is 16.8 Å². The average molecular weight is 367 g/mol. The number of carbonyl (C=O) groups is 2. The molecule has 0 saturated carbocycles. The van der Waals surface area contributed by atoms with E-state index in [1.807, 2.05) is 32.9 Å². The van der Waals surface area contributed by atoms with Crippen molar-refractivity contribution in [2.24, 2.45) is 0 Å². The van der Waals surface area contributed by atoms with Gasteiger partial charge >= 0.3 is 0 Å². The van der Waals surface area contributed by atoms with E-state index in [1.165, 1.54) is 24.0 Å². The number of benzene rings is 1. The third-order valence-electron chi connectivity index (χ3n) is 4.47. The Kier molecular flexibility index (Phi) is 4.38. The fourth-order valence-corrected chi connectivity index (χ4v) is 3.49. The molecule has 0 saturated heterocycles. The molecule has 1 unspecified atom stereocenters. The number of halogens is 1. The molecule has 1 atom stereocenters. The third kappa shape index (κ3) is 2.91. The molecule has 1 aliphatic heterocycles. The molecule has 0 bridgehead atoms. The van der Waals surface area contributed by atoms with Crippen LogP contribution in [0.2, 0.25) is 0 Å². The number of para-hydroxylation sites is 1. The number of aromatic nitrogens is 1. The highest BCUT2D eigenvalue weighted by molar-refractivity contribution is 6.17. The average Bonchev–Trinajstić information content (AvgIpc) is 2.84. The number of anilines is 1. The molecule has 0 radical (unpaired) electrons. The molecular formula is C21H22FN3O2. The van der Waals surface area contributed by atoms with Crippen LogP contribution in [-0.2, 0) is 15.1 Å². The summed E-state index contributed by atoms with van der Waals surface area (Å²) in [5.74, 6) is -1.30. The Bertz CT molecular complexity index is 931. The van der Waals surface area contributed by atoms with Crippen molar-refractivity contribution in [2.75, 3.05) is 4.90 Å². The largest absolute Gasteiger partial charge is 0.349 e. The predicted molar refractivity (Wildman–Crippen MR) is 102 cm³/mol. The Balaban J connectivity index is 2.33. The summed E-state index contributed by atoms with van der Waals surface area (Å²) >= 11 is 0. The highest BCUT2D eigenvalue weighted by Gasteiger charge is 2.57. The molecule has 2 amide bonds. The molecule has 5 nitrogen and oxygen atoms in total. The van der Waals surface area contributed by atoms with Crippen LogP contribution >= 0.6 is 0 Å². The van der Waals surface area contributed by atoms with Crippen LogP contribution in [0.5, 0.6) is 0 Å². The van der Waals surface area contributed by atoms with Gasteiger partial charge in [-0.1, -0.05) is 24.8 Å². The van der Waals surface area contributed by atoms with Gasteiger partial charge < -0.3 is 5.32 Å². The molecular weight excluding hydrogens is 345 g/mol. The SMILES string of the molecule is C=C1c2ccccc2N(C(C)=O)C1(C(=O)NC(C)(C)C)c1ccc(F)cn1. The standard InChI is InChI=1S/C21H22FN3O2/c1-13-16-8-6-7-9-17(16)25(14(2)26)21(13,19(27)24-20(3,4)5)18-11-10-15(22)12-23-18/h6-12H,1H2,2-5H3,(H,24,27). The van der Waals surface area contributed by atoms with Crippen molar-refractivity contribution in [1.82, 2.24) is 10.3 Å². The van der Waals surface area contributed by atoms with Crippen molar-refractivity contribution in [1.29, 1.82) is 0 Å². The van der Waals surface area contributed by atoms with Crippen molar-refractivity contribution in [3.8, 4) is 0 Å². The van der Waals surface area contributed by atoms with E-state index in [9.17, 15) is 14.0 Å². The first-order valence-electron chi connectivity index (χ1n) is 8.63. The number of nitrogens with one attached hydrogen (secondary N) is 1. The zero-order chi connectivity index (χ0) is 20.0. The van der Waals surface area contributed by atoms with Crippen LogP contribution in [0.4, 0.5) is 10.1 Å². The lowest BCUT2D eigenvalue weighted by molar-refractivity contribution is -0.129. The summed E-state index contributed by atoms with van der Waals surface area (Å²) in [5, 5.41) is 2.94. The number of fused-ring (bicyclic) bond motifs is 1. The Labute approximate surface area is 157 Å². The smallest absolute Gasteiger partial charge is 0.257 e. The molecule has 0 spiro atoms. The summed E-state index contributed by atoms with van der Waals surface area (Å²) in [5.41, 5.74) is -0.220. The maximum Gasteiger partial charge on any atom is 0.257 e. The summed E-state index contributed by atoms with van der Waals surface area (Å²) < 4.78 is 13.5. The predicted octanol–water partition coefficient (Wildman–Crippen LogP) is 3.41. The summed E-state index contributed by atoms with van der Waals surface area (Å²) in [6, 6.07) is 9.82. The minimum Gasteiger partial charge on any atom is -0.349 e. The van der Waals surface area contributed by atoms with Gasteiger partial charge in [-0.15, -0.1) is 0 Å². The Morgan fingerprint density at radius 1 is 1.19 bits per heavy atom. The second-order valence-electron chi connectivity index (χ2n) is 7.63. The molecule has 140 valence electrons. The zero-order valence-corrected chi connectivity index (χ0v) is 15.8. The van der Waals surface area contributed by atoms with Gasteiger partial charge in [-0.3, -0.25) is 19.5 Å². The molecule has 2 aromatic rings. The molecule has 1 aliphatic rings. The highest BCUT2D eigenvalue weighted by Crippen LogP contribution is 2.52. The second kappa shape index (κ2) is 6.30. The van der Waals surface area contributed by atoms with E-state index in [2.05, 4.69) is 16.9 Å².